The fraction of sp³-hybridized carbons (Fsp3) is 0.275. The van der Waals surface area contributed by atoms with Gasteiger partial charge in [-0.05, 0) is 154 Å². The molecule has 8 atom stereocenters. The minimum absolute atomic E-state index is 0.0697. The summed E-state index contributed by atoms with van der Waals surface area (Å²) in [5, 5.41) is 5.36. The Labute approximate surface area is 418 Å². The van der Waals surface area contributed by atoms with E-state index in [9.17, 15) is 0 Å². The highest BCUT2D eigenvalue weighted by Gasteiger charge is 2.85. The van der Waals surface area contributed by atoms with Crippen LogP contribution in [-0.4, -0.2) is 10.6 Å². The van der Waals surface area contributed by atoms with Crippen molar-refractivity contribution < 1.29 is 0 Å². The Hall–Kier alpha value is -6.90. The summed E-state index contributed by atoms with van der Waals surface area (Å²) in [4.78, 5) is 2.83. The van der Waals surface area contributed by atoms with Gasteiger partial charge in [0.05, 0.1) is 17.1 Å². The quantitative estimate of drug-likeness (QED) is 0.155. The molecule has 0 N–H and O–H groups in total. The minimum atomic E-state index is 0.0697. The monoisotopic (exact) mass is 916 g/mol. The third-order valence-corrected chi connectivity index (χ3v) is 20.1. The molecule has 5 fully saturated rings. The molecule has 2 bridgehead atoms. The average molecular weight is 917 g/mol. The van der Waals surface area contributed by atoms with Gasteiger partial charge in [-0.1, -0.05) is 190 Å². The van der Waals surface area contributed by atoms with Gasteiger partial charge in [-0.3, -0.25) is 0 Å². The Morgan fingerprint density at radius 2 is 1.18 bits per heavy atom. The van der Waals surface area contributed by atoms with E-state index in [0.717, 1.165) is 23.7 Å². The predicted octanol–water partition coefficient (Wildman–Crippen LogP) is 17.8. The number of nitrogens with zero attached hydrogens (tertiary/aromatic N) is 2. The van der Waals surface area contributed by atoms with Crippen LogP contribution < -0.4 is 4.90 Å². The van der Waals surface area contributed by atoms with E-state index >= 15 is 0 Å². The van der Waals surface area contributed by atoms with Crippen molar-refractivity contribution in [2.75, 3.05) is 4.90 Å². The second kappa shape index (κ2) is 15.1. The summed E-state index contributed by atoms with van der Waals surface area (Å²) in [5.74, 6) is 4.19. The summed E-state index contributed by atoms with van der Waals surface area (Å²) in [6.07, 6.45) is 17.9. The van der Waals surface area contributed by atoms with Gasteiger partial charge in [-0.2, -0.15) is 0 Å². The van der Waals surface area contributed by atoms with Crippen LogP contribution in [0.2, 0.25) is 0 Å². The first kappa shape index (κ1) is 40.8. The van der Waals surface area contributed by atoms with Crippen molar-refractivity contribution in [1.29, 1.82) is 0 Å². The molecular weight excluding hydrogens is 857 g/mol. The molecule has 5 saturated carbocycles. The largest absolute Gasteiger partial charge is 0.333 e. The molecule has 346 valence electrons. The van der Waals surface area contributed by atoms with Crippen molar-refractivity contribution in [1.82, 2.24) is 4.57 Å². The van der Waals surface area contributed by atoms with Crippen LogP contribution in [0.3, 0.4) is 0 Å². The summed E-state index contributed by atoms with van der Waals surface area (Å²) in [6, 6.07) is 70.0. The smallest absolute Gasteiger partial charge is 0.0620 e. The van der Waals surface area contributed by atoms with E-state index < -0.39 is 0 Å². The number of fused-ring (bicyclic) bond motifs is 12. The lowest BCUT2D eigenvalue weighted by atomic mass is 9.26. The van der Waals surface area contributed by atoms with E-state index in [2.05, 4.69) is 211 Å². The SMILES string of the molecule is CC1C=C2C(=CC1N(c1ccccc1-c1cccc3cccc(C4CCCCC4)c13)c1ccccc1-c1cccc3c4ccccc4n(-c4ccccc4)c13)C1(c3ccccc32)C2CC3CC4CC1C42C3. The van der Waals surface area contributed by atoms with Gasteiger partial charge >= 0.3 is 0 Å². The third-order valence-electron chi connectivity index (χ3n) is 20.1. The third kappa shape index (κ3) is 5.34. The van der Waals surface area contributed by atoms with Crippen LogP contribution in [0.25, 0.3) is 66.1 Å². The first-order valence-electron chi connectivity index (χ1n) is 27.2. The van der Waals surface area contributed by atoms with E-state index in [0.29, 0.717) is 11.3 Å². The molecule has 1 heterocycles. The molecule has 7 aliphatic carbocycles. The number of para-hydroxylation sites is 5. The molecule has 16 rings (SSSR count). The molecule has 9 aromatic rings. The topological polar surface area (TPSA) is 8.17 Å². The minimum Gasteiger partial charge on any atom is -0.333 e. The van der Waals surface area contributed by atoms with Crippen molar-refractivity contribution in [2.24, 2.45) is 35.0 Å². The highest BCUT2D eigenvalue weighted by atomic mass is 15.2. The first-order chi connectivity index (χ1) is 35.1. The van der Waals surface area contributed by atoms with Crippen LogP contribution in [0.5, 0.6) is 0 Å². The number of anilines is 2. The summed E-state index contributed by atoms with van der Waals surface area (Å²) >= 11 is 0. The van der Waals surface area contributed by atoms with E-state index in [1.165, 1.54) is 146 Å². The molecular formula is C69H60N2. The lowest BCUT2D eigenvalue weighted by Gasteiger charge is -2.76. The number of rotatable bonds is 7. The standard InChI is InChI=1S/C69H60N2/c1-43-37-57-50-25-8-12-33-58(50)69(64-39-44-38-47-40-65(69)68(47,64)42-44)59(57)41-63(43)71(61-35-14-9-26-51(61)54-30-17-22-46-21-16-29-49(66(46)54)45-19-4-2-5-20-45)62-36-15-11-28-53(62)56-32-18-31-55-52-27-10-13-34-60(52)70(67(55)56)48-23-6-3-7-24-48/h3,6-18,21-37,41,43-45,47,63-65H,2,4-5,19-20,38-40,42H2,1H3. The number of allylic oxidation sites excluding steroid dienone is 2. The van der Waals surface area contributed by atoms with Crippen molar-refractivity contribution in [3.63, 3.8) is 0 Å². The maximum Gasteiger partial charge on any atom is 0.0620 e. The van der Waals surface area contributed by atoms with Gasteiger partial charge in [-0.15, -0.1) is 0 Å². The second-order valence-corrected chi connectivity index (χ2v) is 23.0. The Bertz CT molecular complexity index is 3730. The van der Waals surface area contributed by atoms with E-state index in [-0.39, 0.29) is 17.4 Å². The molecule has 0 aliphatic heterocycles. The Morgan fingerprint density at radius 1 is 0.535 bits per heavy atom. The van der Waals surface area contributed by atoms with Gasteiger partial charge in [0.15, 0.2) is 0 Å². The lowest BCUT2D eigenvalue weighted by Crippen LogP contribution is -2.74. The summed E-state index contributed by atoms with van der Waals surface area (Å²) in [6.45, 7) is 2.52. The molecule has 2 spiro atoms. The Morgan fingerprint density at radius 3 is 2.00 bits per heavy atom. The highest BCUT2D eigenvalue weighted by molar-refractivity contribution is 6.15. The van der Waals surface area contributed by atoms with E-state index in [4.69, 9.17) is 0 Å². The summed E-state index contributed by atoms with van der Waals surface area (Å²) in [7, 11) is 0. The summed E-state index contributed by atoms with van der Waals surface area (Å²) in [5.41, 5.74) is 20.0. The van der Waals surface area contributed by atoms with Crippen LogP contribution in [0.1, 0.15) is 87.3 Å². The molecule has 8 aromatic carbocycles. The van der Waals surface area contributed by atoms with Crippen LogP contribution in [-0.2, 0) is 5.41 Å². The van der Waals surface area contributed by atoms with Crippen LogP contribution in [0.15, 0.2) is 200 Å². The predicted molar refractivity (Wildman–Crippen MR) is 296 cm³/mol. The van der Waals surface area contributed by atoms with E-state index in [1.54, 1.807) is 11.1 Å². The highest BCUT2D eigenvalue weighted by Crippen LogP contribution is 2.90. The summed E-state index contributed by atoms with van der Waals surface area (Å²) < 4.78 is 2.52. The van der Waals surface area contributed by atoms with Crippen LogP contribution >= 0.6 is 0 Å². The molecule has 2 nitrogen and oxygen atoms in total. The molecule has 0 saturated heterocycles. The van der Waals surface area contributed by atoms with Crippen molar-refractivity contribution in [3.05, 3.63) is 216 Å². The molecule has 1 aromatic heterocycles. The van der Waals surface area contributed by atoms with Gasteiger partial charge in [0.1, 0.15) is 0 Å². The van der Waals surface area contributed by atoms with Gasteiger partial charge < -0.3 is 9.47 Å². The fourth-order valence-electron chi connectivity index (χ4n) is 17.7. The zero-order valence-electron chi connectivity index (χ0n) is 40.8. The molecule has 0 radical (unpaired) electrons. The zero-order valence-corrected chi connectivity index (χ0v) is 40.8. The van der Waals surface area contributed by atoms with Gasteiger partial charge in [0.2, 0.25) is 0 Å². The van der Waals surface area contributed by atoms with Gasteiger partial charge in [-0.25, -0.2) is 0 Å². The number of hydrogen-bond acceptors (Lipinski definition) is 1. The van der Waals surface area contributed by atoms with Crippen LogP contribution in [0, 0.1) is 35.0 Å². The fourth-order valence-corrected chi connectivity index (χ4v) is 17.7. The van der Waals surface area contributed by atoms with E-state index in [1.807, 2.05) is 0 Å². The zero-order chi connectivity index (χ0) is 46.6. The number of benzene rings is 8. The maximum atomic E-state index is 2.86. The van der Waals surface area contributed by atoms with Gasteiger partial charge in [0, 0.05) is 49.9 Å². The van der Waals surface area contributed by atoms with Gasteiger partial charge in [0.25, 0.3) is 0 Å². The lowest BCUT2D eigenvalue weighted by molar-refractivity contribution is -0.232. The molecule has 8 unspecified atom stereocenters. The maximum absolute atomic E-state index is 2.86. The first-order valence-corrected chi connectivity index (χ1v) is 27.2. The van der Waals surface area contributed by atoms with Crippen LogP contribution in [0.4, 0.5) is 11.4 Å². The van der Waals surface area contributed by atoms with Crippen molar-refractivity contribution in [3.8, 4) is 27.9 Å². The van der Waals surface area contributed by atoms with Crippen molar-refractivity contribution in [2.45, 2.75) is 82.1 Å². The van der Waals surface area contributed by atoms with Crippen molar-refractivity contribution >= 4 is 49.5 Å². The molecule has 7 aliphatic rings. The molecule has 0 amide bonds. The average Bonchev–Trinajstić information content (AvgIpc) is 4.22. The number of hydrogen-bond donors (Lipinski definition) is 0. The molecule has 2 heteroatoms. The second-order valence-electron chi connectivity index (χ2n) is 23.0. The Balaban J connectivity index is 0.961. The Kier molecular flexibility index (Phi) is 8.65. The normalized spacial score (nSPS) is 27.8. The molecule has 71 heavy (non-hydrogen) atoms. The number of aromatic nitrogens is 1.